The molecule has 0 bridgehead atoms. The van der Waals surface area contributed by atoms with Crippen molar-refractivity contribution in [1.82, 2.24) is 5.32 Å². The van der Waals surface area contributed by atoms with E-state index in [1.54, 1.807) is 0 Å². The Labute approximate surface area is 137 Å². The predicted octanol–water partition coefficient (Wildman–Crippen LogP) is 4.47. The molecule has 5 heteroatoms. The zero-order valence-electron chi connectivity index (χ0n) is 11.2. The van der Waals surface area contributed by atoms with E-state index in [1.165, 1.54) is 17.1 Å². The number of halogens is 2. The fraction of sp³-hybridized carbons (Fsp3) is 0.571. The maximum atomic E-state index is 6.34. The third-order valence-electron chi connectivity index (χ3n) is 3.46. The minimum atomic E-state index is 0.478. The topological polar surface area (TPSA) is 12.0 Å². The zero-order chi connectivity index (χ0) is 13.8. The zero-order valence-corrected chi connectivity index (χ0v) is 15.1. The average molecular weight is 381 g/mol. The van der Waals surface area contributed by atoms with Gasteiger partial charge in [-0.15, -0.1) is 0 Å². The van der Waals surface area contributed by atoms with E-state index in [0.29, 0.717) is 16.5 Å². The molecular formula is C14H19BrClNS2. The molecule has 106 valence electrons. The van der Waals surface area contributed by atoms with Crippen LogP contribution in [0.5, 0.6) is 0 Å². The molecule has 0 spiro atoms. The van der Waals surface area contributed by atoms with Crippen LogP contribution in [0.3, 0.4) is 0 Å². The number of likely N-dealkylation sites (N-methyl/N-ethyl adjacent to an activating group) is 1. The van der Waals surface area contributed by atoms with Crippen LogP contribution in [0.15, 0.2) is 22.7 Å². The van der Waals surface area contributed by atoms with Crippen molar-refractivity contribution in [2.75, 3.05) is 18.6 Å². The van der Waals surface area contributed by atoms with Crippen LogP contribution in [-0.4, -0.2) is 35.1 Å². The smallest absolute Gasteiger partial charge is 0.0449 e. The van der Waals surface area contributed by atoms with Crippen LogP contribution in [0.1, 0.15) is 12.5 Å². The molecule has 3 unspecified atom stereocenters. The molecule has 1 heterocycles. The molecule has 1 saturated heterocycles. The van der Waals surface area contributed by atoms with Crippen molar-refractivity contribution in [3.8, 4) is 0 Å². The standard InChI is InChI=1S/C14H19BrClNS2/c1-9-14(19-6-5-18-9)13(17-2)7-10-3-4-11(15)8-12(10)16/h3-4,8-9,13-14,17H,5-7H2,1-2H3. The number of rotatable bonds is 4. The molecule has 2 rings (SSSR count). The van der Waals surface area contributed by atoms with Gasteiger partial charge in [-0.2, -0.15) is 23.5 Å². The highest BCUT2D eigenvalue weighted by Gasteiger charge is 2.29. The minimum Gasteiger partial charge on any atom is -0.316 e. The van der Waals surface area contributed by atoms with E-state index < -0.39 is 0 Å². The normalized spacial score (nSPS) is 25.3. The molecule has 1 nitrogen and oxygen atoms in total. The molecule has 1 N–H and O–H groups in total. The number of hydrogen-bond donors (Lipinski definition) is 1. The van der Waals surface area contributed by atoms with E-state index in [4.69, 9.17) is 11.6 Å². The van der Waals surface area contributed by atoms with Crippen LogP contribution >= 0.6 is 51.1 Å². The molecule has 0 aliphatic carbocycles. The maximum absolute atomic E-state index is 6.34. The molecule has 1 aromatic carbocycles. The van der Waals surface area contributed by atoms with Gasteiger partial charge in [-0.05, 0) is 31.2 Å². The van der Waals surface area contributed by atoms with Crippen molar-refractivity contribution in [2.45, 2.75) is 29.9 Å². The van der Waals surface area contributed by atoms with Crippen LogP contribution in [0.4, 0.5) is 0 Å². The maximum Gasteiger partial charge on any atom is 0.0449 e. The highest BCUT2D eigenvalue weighted by Crippen LogP contribution is 2.34. The Morgan fingerprint density at radius 2 is 2.16 bits per heavy atom. The van der Waals surface area contributed by atoms with Gasteiger partial charge in [-0.25, -0.2) is 0 Å². The summed E-state index contributed by atoms with van der Waals surface area (Å²) in [6.45, 7) is 2.34. The van der Waals surface area contributed by atoms with Gasteiger partial charge < -0.3 is 5.32 Å². The van der Waals surface area contributed by atoms with Gasteiger partial charge in [0.2, 0.25) is 0 Å². The second-order valence-corrected chi connectivity index (χ2v) is 8.84. The van der Waals surface area contributed by atoms with Gasteiger partial charge in [-0.3, -0.25) is 0 Å². The van der Waals surface area contributed by atoms with Gasteiger partial charge >= 0.3 is 0 Å². The van der Waals surface area contributed by atoms with E-state index in [1.807, 2.05) is 6.07 Å². The summed E-state index contributed by atoms with van der Waals surface area (Å²) >= 11 is 14.0. The lowest BCUT2D eigenvalue weighted by molar-refractivity contribution is 0.531. The van der Waals surface area contributed by atoms with Gasteiger partial charge in [0.1, 0.15) is 0 Å². The van der Waals surface area contributed by atoms with Crippen LogP contribution in [0.2, 0.25) is 5.02 Å². The summed E-state index contributed by atoms with van der Waals surface area (Å²) in [5, 5.41) is 5.70. The monoisotopic (exact) mass is 379 g/mol. The first kappa shape index (κ1) is 16.0. The average Bonchev–Trinajstić information content (AvgIpc) is 2.39. The molecule has 0 aromatic heterocycles. The van der Waals surface area contributed by atoms with Gasteiger partial charge in [-0.1, -0.05) is 40.5 Å². The second-order valence-electron chi connectivity index (χ2n) is 4.75. The Kier molecular flexibility index (Phi) is 6.41. The van der Waals surface area contributed by atoms with Crippen LogP contribution < -0.4 is 5.32 Å². The highest BCUT2D eigenvalue weighted by atomic mass is 79.9. The summed E-state index contributed by atoms with van der Waals surface area (Å²) in [5.74, 6) is 2.53. The molecule has 1 fully saturated rings. The summed E-state index contributed by atoms with van der Waals surface area (Å²) in [7, 11) is 2.06. The molecule has 3 atom stereocenters. The lowest BCUT2D eigenvalue weighted by atomic mass is 10.0. The van der Waals surface area contributed by atoms with Crippen molar-refractivity contribution in [3.05, 3.63) is 33.3 Å². The first-order valence-corrected chi connectivity index (χ1v) is 9.73. The summed E-state index contributed by atoms with van der Waals surface area (Å²) < 4.78 is 1.04. The molecule has 1 aromatic rings. The summed E-state index contributed by atoms with van der Waals surface area (Å²) in [6, 6.07) is 6.66. The predicted molar refractivity (Wildman–Crippen MR) is 93.9 cm³/mol. The first-order valence-electron chi connectivity index (χ1n) is 6.46. The fourth-order valence-corrected chi connectivity index (χ4v) is 6.15. The first-order chi connectivity index (χ1) is 9.11. The summed E-state index contributed by atoms with van der Waals surface area (Å²) in [5.41, 5.74) is 1.23. The Bertz CT molecular complexity index is 430. The molecule has 19 heavy (non-hydrogen) atoms. The van der Waals surface area contributed by atoms with Gasteiger partial charge in [0.25, 0.3) is 0 Å². The number of nitrogens with one attached hydrogen (secondary N) is 1. The highest BCUT2D eigenvalue weighted by molar-refractivity contribution is 9.10. The lowest BCUT2D eigenvalue weighted by Gasteiger charge is -2.34. The largest absolute Gasteiger partial charge is 0.316 e. The summed E-state index contributed by atoms with van der Waals surface area (Å²) in [6.07, 6.45) is 0.991. The molecular weight excluding hydrogens is 362 g/mol. The lowest BCUT2D eigenvalue weighted by Crippen LogP contribution is -2.44. The van der Waals surface area contributed by atoms with E-state index >= 15 is 0 Å². The van der Waals surface area contributed by atoms with Crippen LogP contribution in [0, 0.1) is 0 Å². The molecule has 1 aliphatic rings. The van der Waals surface area contributed by atoms with Crippen molar-refractivity contribution < 1.29 is 0 Å². The van der Waals surface area contributed by atoms with E-state index in [2.05, 4.69) is 70.9 Å². The van der Waals surface area contributed by atoms with Crippen LogP contribution in [-0.2, 0) is 6.42 Å². The number of thioether (sulfide) groups is 2. The van der Waals surface area contributed by atoms with E-state index in [0.717, 1.165) is 15.9 Å². The van der Waals surface area contributed by atoms with Gasteiger partial charge in [0, 0.05) is 37.5 Å². The Hall–Kier alpha value is 0.650. The van der Waals surface area contributed by atoms with Crippen molar-refractivity contribution in [3.63, 3.8) is 0 Å². The van der Waals surface area contributed by atoms with E-state index in [9.17, 15) is 0 Å². The number of hydrogen-bond acceptors (Lipinski definition) is 3. The van der Waals surface area contributed by atoms with Crippen molar-refractivity contribution in [1.29, 1.82) is 0 Å². The summed E-state index contributed by atoms with van der Waals surface area (Å²) in [4.78, 5) is 0. The third-order valence-corrected chi connectivity index (χ3v) is 7.56. The van der Waals surface area contributed by atoms with Crippen molar-refractivity contribution in [2.24, 2.45) is 0 Å². The Morgan fingerprint density at radius 3 is 2.79 bits per heavy atom. The molecule has 0 saturated carbocycles. The minimum absolute atomic E-state index is 0.478. The van der Waals surface area contributed by atoms with E-state index in [-0.39, 0.29) is 0 Å². The fourth-order valence-electron chi connectivity index (χ4n) is 2.40. The Balaban J connectivity index is 2.09. The third kappa shape index (κ3) is 4.31. The molecule has 0 amide bonds. The van der Waals surface area contributed by atoms with Crippen LogP contribution in [0.25, 0.3) is 0 Å². The van der Waals surface area contributed by atoms with Crippen molar-refractivity contribution >= 4 is 51.1 Å². The quantitative estimate of drug-likeness (QED) is 0.827. The van der Waals surface area contributed by atoms with Gasteiger partial charge in [0.05, 0.1) is 0 Å². The molecule has 0 radical (unpaired) electrons. The molecule has 1 aliphatic heterocycles. The SMILES string of the molecule is CNC(Cc1ccc(Br)cc1Cl)C1SCCSC1C. The van der Waals surface area contributed by atoms with Gasteiger partial charge in [0.15, 0.2) is 0 Å². The Morgan fingerprint density at radius 1 is 1.42 bits per heavy atom. The number of benzene rings is 1. The second kappa shape index (κ2) is 7.60.